The molecular formula is C15H20O3. The molecule has 0 radical (unpaired) electrons. The van der Waals surface area contributed by atoms with Gasteiger partial charge in [0.2, 0.25) is 0 Å². The van der Waals surface area contributed by atoms with Gasteiger partial charge >= 0.3 is 0 Å². The molecule has 3 heteroatoms. The molecule has 0 aromatic heterocycles. The van der Waals surface area contributed by atoms with Crippen LogP contribution in [0.5, 0.6) is 5.75 Å². The molecule has 2 saturated carbocycles. The summed E-state index contributed by atoms with van der Waals surface area (Å²) in [5, 5.41) is 10.3. The Bertz CT molecular complexity index is 393. The van der Waals surface area contributed by atoms with Crippen LogP contribution in [0.1, 0.15) is 37.4 Å². The van der Waals surface area contributed by atoms with Crippen LogP contribution in [0.25, 0.3) is 0 Å². The van der Waals surface area contributed by atoms with Crippen molar-refractivity contribution in [3.8, 4) is 5.75 Å². The van der Waals surface area contributed by atoms with Crippen molar-refractivity contribution in [2.75, 3.05) is 7.11 Å². The lowest BCUT2D eigenvalue weighted by atomic mass is 10.0. The molecule has 2 aliphatic carbocycles. The number of hydrogen-bond acceptors (Lipinski definition) is 3. The summed E-state index contributed by atoms with van der Waals surface area (Å²) in [6.07, 6.45) is 4.48. The Morgan fingerprint density at radius 2 is 1.78 bits per heavy atom. The lowest BCUT2D eigenvalue weighted by Crippen LogP contribution is -2.23. The summed E-state index contributed by atoms with van der Waals surface area (Å²) >= 11 is 0. The van der Waals surface area contributed by atoms with Gasteiger partial charge in [-0.1, -0.05) is 12.1 Å². The minimum absolute atomic E-state index is 0.0693. The molecule has 0 heterocycles. The predicted molar refractivity (Wildman–Crippen MR) is 68.6 cm³/mol. The highest BCUT2D eigenvalue weighted by molar-refractivity contribution is 5.29. The van der Waals surface area contributed by atoms with E-state index in [1.54, 1.807) is 7.11 Å². The van der Waals surface area contributed by atoms with E-state index in [0.29, 0.717) is 12.0 Å². The number of methoxy groups -OCH3 is 1. The van der Waals surface area contributed by atoms with Gasteiger partial charge in [0.15, 0.2) is 0 Å². The van der Waals surface area contributed by atoms with Gasteiger partial charge in [-0.3, -0.25) is 0 Å². The van der Waals surface area contributed by atoms with E-state index in [0.717, 1.165) is 24.2 Å². The maximum atomic E-state index is 10.3. The van der Waals surface area contributed by atoms with Crippen LogP contribution >= 0.6 is 0 Å². The summed E-state index contributed by atoms with van der Waals surface area (Å²) in [6.45, 7) is 0. The van der Waals surface area contributed by atoms with Gasteiger partial charge < -0.3 is 14.6 Å². The molecule has 3 rings (SSSR count). The van der Waals surface area contributed by atoms with E-state index in [1.807, 2.05) is 24.3 Å². The molecule has 2 atom stereocenters. The molecule has 2 fully saturated rings. The fraction of sp³-hybridized carbons (Fsp3) is 0.600. The number of aliphatic hydroxyl groups is 1. The zero-order valence-corrected chi connectivity index (χ0v) is 10.7. The molecular weight excluding hydrogens is 228 g/mol. The number of ether oxygens (including phenoxy) is 2. The standard InChI is InChI=1S/C15H20O3/c1-17-15(11-2-3-11)14(16)10-4-6-12(7-5-10)18-13-8-9-13/h4-7,11,13-16H,2-3,8-9H2,1H3. The SMILES string of the molecule is COC(C1CC1)C(O)c1ccc(OC2CC2)cc1. The number of rotatable bonds is 6. The van der Waals surface area contributed by atoms with Gasteiger partial charge in [0, 0.05) is 7.11 Å². The number of hydrogen-bond donors (Lipinski definition) is 1. The molecule has 2 unspecified atom stereocenters. The summed E-state index contributed by atoms with van der Waals surface area (Å²) in [7, 11) is 1.68. The monoisotopic (exact) mass is 248 g/mol. The summed E-state index contributed by atoms with van der Waals surface area (Å²) in [6, 6.07) is 7.76. The average molecular weight is 248 g/mol. The maximum absolute atomic E-state index is 10.3. The quantitative estimate of drug-likeness (QED) is 0.841. The highest BCUT2D eigenvalue weighted by Gasteiger charge is 2.36. The maximum Gasteiger partial charge on any atom is 0.119 e. The normalized spacial score (nSPS) is 22.6. The van der Waals surface area contributed by atoms with Crippen LogP contribution in [0.4, 0.5) is 0 Å². The van der Waals surface area contributed by atoms with Crippen LogP contribution in [0.3, 0.4) is 0 Å². The molecule has 3 nitrogen and oxygen atoms in total. The fourth-order valence-corrected chi connectivity index (χ4v) is 2.32. The number of aliphatic hydroxyl groups excluding tert-OH is 1. The van der Waals surface area contributed by atoms with Crippen molar-refractivity contribution in [3.63, 3.8) is 0 Å². The first kappa shape index (κ1) is 12.0. The third-order valence-electron chi connectivity index (χ3n) is 3.72. The first-order valence-corrected chi connectivity index (χ1v) is 6.75. The molecule has 1 aromatic rings. The van der Waals surface area contributed by atoms with Gasteiger partial charge in [-0.2, -0.15) is 0 Å². The van der Waals surface area contributed by atoms with E-state index >= 15 is 0 Å². The smallest absolute Gasteiger partial charge is 0.119 e. The van der Waals surface area contributed by atoms with Crippen molar-refractivity contribution < 1.29 is 14.6 Å². The van der Waals surface area contributed by atoms with Gasteiger partial charge in [0.1, 0.15) is 11.9 Å². The molecule has 2 aliphatic rings. The molecule has 1 aromatic carbocycles. The molecule has 1 N–H and O–H groups in total. The number of benzene rings is 1. The molecule has 0 bridgehead atoms. The Labute approximate surface area is 108 Å². The Balaban J connectivity index is 1.66. The first-order valence-electron chi connectivity index (χ1n) is 6.75. The van der Waals surface area contributed by atoms with E-state index in [-0.39, 0.29) is 6.10 Å². The molecule has 0 aliphatic heterocycles. The van der Waals surface area contributed by atoms with Crippen molar-refractivity contribution in [2.24, 2.45) is 5.92 Å². The second-order valence-corrected chi connectivity index (χ2v) is 5.37. The predicted octanol–water partition coefficient (Wildman–Crippen LogP) is 2.69. The summed E-state index contributed by atoms with van der Waals surface area (Å²) in [4.78, 5) is 0. The van der Waals surface area contributed by atoms with Gasteiger partial charge in [-0.15, -0.1) is 0 Å². The third kappa shape index (κ3) is 2.68. The van der Waals surface area contributed by atoms with E-state index in [4.69, 9.17) is 9.47 Å². The topological polar surface area (TPSA) is 38.7 Å². The summed E-state index contributed by atoms with van der Waals surface area (Å²) in [5.74, 6) is 1.42. The van der Waals surface area contributed by atoms with Gasteiger partial charge in [0.05, 0.1) is 12.2 Å². The van der Waals surface area contributed by atoms with Crippen LogP contribution < -0.4 is 4.74 Å². The highest BCUT2D eigenvalue weighted by atomic mass is 16.5. The highest BCUT2D eigenvalue weighted by Crippen LogP contribution is 2.40. The zero-order chi connectivity index (χ0) is 12.5. The van der Waals surface area contributed by atoms with Crippen molar-refractivity contribution in [3.05, 3.63) is 29.8 Å². The van der Waals surface area contributed by atoms with Crippen molar-refractivity contribution in [2.45, 2.75) is 44.0 Å². The molecule has 0 amide bonds. The molecule has 0 saturated heterocycles. The van der Waals surface area contributed by atoms with Crippen LogP contribution in [-0.4, -0.2) is 24.4 Å². The minimum atomic E-state index is -0.530. The second-order valence-electron chi connectivity index (χ2n) is 5.37. The van der Waals surface area contributed by atoms with Crippen LogP contribution in [0, 0.1) is 5.92 Å². The van der Waals surface area contributed by atoms with Crippen LogP contribution in [0.2, 0.25) is 0 Å². The van der Waals surface area contributed by atoms with Crippen molar-refractivity contribution in [1.29, 1.82) is 0 Å². The molecule has 98 valence electrons. The largest absolute Gasteiger partial charge is 0.490 e. The molecule has 0 spiro atoms. The zero-order valence-electron chi connectivity index (χ0n) is 10.7. The van der Waals surface area contributed by atoms with E-state index < -0.39 is 6.10 Å². The molecule has 18 heavy (non-hydrogen) atoms. The fourth-order valence-electron chi connectivity index (χ4n) is 2.32. The second kappa shape index (κ2) is 4.90. The van der Waals surface area contributed by atoms with Crippen molar-refractivity contribution in [1.82, 2.24) is 0 Å². The Hall–Kier alpha value is -1.06. The van der Waals surface area contributed by atoms with E-state index in [2.05, 4.69) is 0 Å². The average Bonchev–Trinajstić information content (AvgIpc) is 3.25. The Morgan fingerprint density at radius 3 is 2.28 bits per heavy atom. The third-order valence-corrected chi connectivity index (χ3v) is 3.72. The minimum Gasteiger partial charge on any atom is -0.490 e. The lowest BCUT2D eigenvalue weighted by Gasteiger charge is -2.21. The summed E-state index contributed by atoms with van der Waals surface area (Å²) in [5.41, 5.74) is 0.914. The van der Waals surface area contributed by atoms with Crippen molar-refractivity contribution >= 4 is 0 Å². The van der Waals surface area contributed by atoms with Gasteiger partial charge in [-0.05, 0) is 49.3 Å². The van der Waals surface area contributed by atoms with Crippen LogP contribution in [-0.2, 0) is 4.74 Å². The Kier molecular flexibility index (Phi) is 3.27. The Morgan fingerprint density at radius 1 is 1.11 bits per heavy atom. The van der Waals surface area contributed by atoms with Gasteiger partial charge in [-0.25, -0.2) is 0 Å². The first-order chi connectivity index (χ1) is 8.78. The van der Waals surface area contributed by atoms with E-state index in [9.17, 15) is 5.11 Å². The lowest BCUT2D eigenvalue weighted by molar-refractivity contribution is -0.0259. The van der Waals surface area contributed by atoms with Crippen LogP contribution in [0.15, 0.2) is 24.3 Å². The summed E-state index contributed by atoms with van der Waals surface area (Å²) < 4.78 is 11.1. The van der Waals surface area contributed by atoms with E-state index in [1.165, 1.54) is 12.8 Å². The van der Waals surface area contributed by atoms with Gasteiger partial charge in [0.25, 0.3) is 0 Å².